The standard InChI is InChI=1S/C14H16N6O2/c1-9-12-13(15-8-16-14(12)22-19-9)18-10-5-17-20(6-10)7-11-3-2-4-21-11/h5-6,8,11H,2-4,7H2,1H3,(H,15,16,18). The number of hydrogen-bond acceptors (Lipinski definition) is 7. The highest BCUT2D eigenvalue weighted by Crippen LogP contribution is 2.25. The fourth-order valence-corrected chi connectivity index (χ4v) is 2.68. The zero-order chi connectivity index (χ0) is 14.9. The van der Waals surface area contributed by atoms with Crippen LogP contribution in [0.5, 0.6) is 0 Å². The van der Waals surface area contributed by atoms with Crippen LogP contribution in [0.25, 0.3) is 11.1 Å². The molecule has 1 fully saturated rings. The molecule has 4 heterocycles. The van der Waals surface area contributed by atoms with E-state index in [1.165, 1.54) is 6.33 Å². The van der Waals surface area contributed by atoms with Gasteiger partial charge in [-0.15, -0.1) is 0 Å². The number of aryl methyl sites for hydroxylation is 1. The summed E-state index contributed by atoms with van der Waals surface area (Å²) in [6.07, 6.45) is 7.65. The lowest BCUT2D eigenvalue weighted by molar-refractivity contribution is 0.0940. The first-order chi connectivity index (χ1) is 10.8. The normalized spacial score (nSPS) is 18.1. The van der Waals surface area contributed by atoms with Crippen molar-refractivity contribution in [1.29, 1.82) is 0 Å². The lowest BCUT2D eigenvalue weighted by Crippen LogP contribution is -2.15. The summed E-state index contributed by atoms with van der Waals surface area (Å²) in [5, 5.41) is 12.3. The van der Waals surface area contributed by atoms with Crippen molar-refractivity contribution in [3.8, 4) is 0 Å². The Morgan fingerprint density at radius 3 is 3.23 bits per heavy atom. The van der Waals surface area contributed by atoms with Gasteiger partial charge < -0.3 is 14.6 Å². The van der Waals surface area contributed by atoms with Crippen LogP contribution in [0, 0.1) is 6.92 Å². The van der Waals surface area contributed by atoms with Gasteiger partial charge in [-0.3, -0.25) is 4.68 Å². The predicted octanol–water partition coefficient (Wildman–Crippen LogP) is 2.05. The summed E-state index contributed by atoms with van der Waals surface area (Å²) in [6, 6.07) is 0. The van der Waals surface area contributed by atoms with E-state index in [4.69, 9.17) is 9.26 Å². The highest BCUT2D eigenvalue weighted by molar-refractivity contribution is 5.89. The Morgan fingerprint density at radius 1 is 1.41 bits per heavy atom. The van der Waals surface area contributed by atoms with Gasteiger partial charge in [-0.05, 0) is 19.8 Å². The molecule has 3 aromatic heterocycles. The van der Waals surface area contributed by atoms with Crippen LogP contribution in [0.1, 0.15) is 18.5 Å². The third kappa shape index (κ3) is 2.41. The number of rotatable bonds is 4. The summed E-state index contributed by atoms with van der Waals surface area (Å²) in [4.78, 5) is 8.32. The van der Waals surface area contributed by atoms with Crippen molar-refractivity contribution in [3.05, 3.63) is 24.4 Å². The molecule has 0 aliphatic carbocycles. The fraction of sp³-hybridized carbons (Fsp3) is 0.429. The van der Waals surface area contributed by atoms with E-state index in [1.807, 2.05) is 17.8 Å². The molecule has 0 saturated carbocycles. The quantitative estimate of drug-likeness (QED) is 0.788. The molecule has 22 heavy (non-hydrogen) atoms. The Balaban J connectivity index is 1.55. The monoisotopic (exact) mass is 300 g/mol. The maximum atomic E-state index is 5.62. The van der Waals surface area contributed by atoms with Gasteiger partial charge in [-0.1, -0.05) is 5.16 Å². The smallest absolute Gasteiger partial charge is 0.263 e. The highest BCUT2D eigenvalue weighted by atomic mass is 16.5. The van der Waals surface area contributed by atoms with Gasteiger partial charge in [0.25, 0.3) is 5.71 Å². The number of ether oxygens (including phenoxy) is 1. The predicted molar refractivity (Wildman–Crippen MR) is 78.8 cm³/mol. The Morgan fingerprint density at radius 2 is 2.36 bits per heavy atom. The van der Waals surface area contributed by atoms with E-state index >= 15 is 0 Å². The minimum Gasteiger partial charge on any atom is -0.376 e. The summed E-state index contributed by atoms with van der Waals surface area (Å²) >= 11 is 0. The van der Waals surface area contributed by atoms with E-state index in [1.54, 1.807) is 6.20 Å². The first-order valence-corrected chi connectivity index (χ1v) is 7.27. The third-order valence-corrected chi connectivity index (χ3v) is 3.75. The molecular weight excluding hydrogens is 284 g/mol. The maximum absolute atomic E-state index is 5.62. The van der Waals surface area contributed by atoms with Crippen LogP contribution in [-0.2, 0) is 11.3 Å². The van der Waals surface area contributed by atoms with E-state index < -0.39 is 0 Å². The Kier molecular flexibility index (Phi) is 3.23. The third-order valence-electron chi connectivity index (χ3n) is 3.75. The average Bonchev–Trinajstić information content (AvgIpc) is 3.23. The molecule has 0 aromatic carbocycles. The second kappa shape index (κ2) is 5.38. The Hall–Kier alpha value is -2.48. The molecule has 1 aliphatic heterocycles. The molecule has 8 nitrogen and oxygen atoms in total. The van der Waals surface area contributed by atoms with Crippen molar-refractivity contribution in [2.45, 2.75) is 32.4 Å². The molecule has 4 rings (SSSR count). The molecule has 1 atom stereocenters. The number of aromatic nitrogens is 5. The topological polar surface area (TPSA) is 90.9 Å². The van der Waals surface area contributed by atoms with Crippen molar-refractivity contribution >= 4 is 22.6 Å². The molecule has 1 saturated heterocycles. The lowest BCUT2D eigenvalue weighted by atomic mass is 10.2. The molecule has 0 spiro atoms. The minimum absolute atomic E-state index is 0.263. The van der Waals surface area contributed by atoms with Crippen molar-refractivity contribution in [3.63, 3.8) is 0 Å². The van der Waals surface area contributed by atoms with E-state index in [-0.39, 0.29) is 6.10 Å². The van der Waals surface area contributed by atoms with Gasteiger partial charge in [0.1, 0.15) is 17.5 Å². The first-order valence-electron chi connectivity index (χ1n) is 7.27. The SMILES string of the molecule is Cc1noc2ncnc(Nc3cnn(CC4CCCO4)c3)c12. The number of nitrogens with zero attached hydrogens (tertiary/aromatic N) is 5. The maximum Gasteiger partial charge on any atom is 0.263 e. The minimum atomic E-state index is 0.263. The van der Waals surface area contributed by atoms with Crippen LogP contribution in [-0.4, -0.2) is 37.6 Å². The van der Waals surface area contributed by atoms with Crippen LogP contribution < -0.4 is 5.32 Å². The average molecular weight is 300 g/mol. The van der Waals surface area contributed by atoms with Crippen LogP contribution in [0.2, 0.25) is 0 Å². The number of nitrogens with one attached hydrogen (secondary N) is 1. The van der Waals surface area contributed by atoms with Gasteiger partial charge in [0.15, 0.2) is 0 Å². The molecule has 1 aliphatic rings. The number of hydrogen-bond donors (Lipinski definition) is 1. The molecule has 0 radical (unpaired) electrons. The fourth-order valence-electron chi connectivity index (χ4n) is 2.68. The Bertz CT molecular complexity index is 790. The van der Waals surface area contributed by atoms with Crippen molar-refractivity contribution < 1.29 is 9.26 Å². The highest BCUT2D eigenvalue weighted by Gasteiger charge is 2.17. The Labute approximate surface area is 126 Å². The summed E-state index contributed by atoms with van der Waals surface area (Å²) in [5.41, 5.74) is 2.09. The second-order valence-electron chi connectivity index (χ2n) is 5.38. The zero-order valence-corrected chi connectivity index (χ0v) is 12.2. The van der Waals surface area contributed by atoms with Gasteiger partial charge >= 0.3 is 0 Å². The molecular formula is C14H16N6O2. The van der Waals surface area contributed by atoms with Gasteiger partial charge in [0.2, 0.25) is 0 Å². The second-order valence-corrected chi connectivity index (χ2v) is 5.38. The van der Waals surface area contributed by atoms with Crippen LogP contribution >= 0.6 is 0 Å². The van der Waals surface area contributed by atoms with Gasteiger partial charge in [-0.25, -0.2) is 4.98 Å². The lowest BCUT2D eigenvalue weighted by Gasteiger charge is -2.08. The molecule has 3 aromatic rings. The molecule has 0 bridgehead atoms. The van der Waals surface area contributed by atoms with E-state index in [0.717, 1.165) is 42.8 Å². The zero-order valence-electron chi connectivity index (χ0n) is 12.2. The molecule has 0 amide bonds. The van der Waals surface area contributed by atoms with Crippen molar-refractivity contribution in [2.75, 3.05) is 11.9 Å². The van der Waals surface area contributed by atoms with Crippen LogP contribution in [0.4, 0.5) is 11.5 Å². The van der Waals surface area contributed by atoms with E-state index in [2.05, 4.69) is 25.5 Å². The first kappa shape index (κ1) is 13.2. The summed E-state index contributed by atoms with van der Waals surface area (Å²) < 4.78 is 12.7. The van der Waals surface area contributed by atoms with Gasteiger partial charge in [0.05, 0.1) is 30.2 Å². The van der Waals surface area contributed by atoms with E-state index in [0.29, 0.717) is 11.5 Å². The number of fused-ring (bicyclic) bond motifs is 1. The van der Waals surface area contributed by atoms with Crippen LogP contribution in [0.3, 0.4) is 0 Å². The number of anilines is 2. The molecule has 1 N–H and O–H groups in total. The largest absolute Gasteiger partial charge is 0.376 e. The van der Waals surface area contributed by atoms with Crippen molar-refractivity contribution in [2.24, 2.45) is 0 Å². The molecule has 114 valence electrons. The van der Waals surface area contributed by atoms with Gasteiger partial charge in [0, 0.05) is 12.8 Å². The summed E-state index contributed by atoms with van der Waals surface area (Å²) in [6.45, 7) is 3.48. The van der Waals surface area contributed by atoms with Gasteiger partial charge in [-0.2, -0.15) is 10.1 Å². The summed E-state index contributed by atoms with van der Waals surface area (Å²) in [5.74, 6) is 0.667. The molecule has 1 unspecified atom stereocenters. The van der Waals surface area contributed by atoms with E-state index in [9.17, 15) is 0 Å². The van der Waals surface area contributed by atoms with Crippen molar-refractivity contribution in [1.82, 2.24) is 24.9 Å². The molecule has 8 heteroatoms. The summed E-state index contributed by atoms with van der Waals surface area (Å²) in [7, 11) is 0. The van der Waals surface area contributed by atoms with Crippen LogP contribution in [0.15, 0.2) is 23.2 Å².